The number of para-hydroxylation sites is 1. The van der Waals surface area contributed by atoms with Crippen molar-refractivity contribution in [2.45, 2.75) is 32.5 Å². The van der Waals surface area contributed by atoms with Crippen LogP contribution in [-0.4, -0.2) is 27.7 Å². The number of thiophene rings is 1. The van der Waals surface area contributed by atoms with E-state index < -0.39 is 0 Å². The molecular weight excluding hydrogens is 392 g/mol. The van der Waals surface area contributed by atoms with Gasteiger partial charge in [-0.25, -0.2) is 4.98 Å². The van der Waals surface area contributed by atoms with E-state index in [1.165, 1.54) is 18.7 Å². The second kappa shape index (κ2) is 8.75. The predicted molar refractivity (Wildman–Crippen MR) is 116 cm³/mol. The number of Topliss-reactive ketones (excluding diaryl/α,β-unsaturated/α-hetero) is 1. The Morgan fingerprint density at radius 2 is 2.11 bits per heavy atom. The van der Waals surface area contributed by atoms with E-state index >= 15 is 0 Å². The summed E-state index contributed by atoms with van der Waals surface area (Å²) in [5.74, 6) is 1.15. The van der Waals surface area contributed by atoms with Crippen LogP contribution in [0.15, 0.2) is 46.9 Å². The van der Waals surface area contributed by atoms with Gasteiger partial charge in [0.1, 0.15) is 10.6 Å². The van der Waals surface area contributed by atoms with E-state index in [4.69, 9.17) is 9.72 Å². The van der Waals surface area contributed by atoms with E-state index in [2.05, 4.69) is 6.58 Å². The smallest absolute Gasteiger partial charge is 0.263 e. The first-order valence-electron chi connectivity index (χ1n) is 8.91. The van der Waals surface area contributed by atoms with Gasteiger partial charge in [-0.3, -0.25) is 14.2 Å². The van der Waals surface area contributed by atoms with Gasteiger partial charge in [-0.05, 0) is 38.5 Å². The molecule has 0 aliphatic heterocycles. The highest BCUT2D eigenvalue weighted by molar-refractivity contribution is 7.99. The molecule has 0 fully saturated rings. The minimum atomic E-state index is -0.0305. The Bertz CT molecular complexity index is 1100. The monoisotopic (exact) mass is 414 g/mol. The molecule has 3 rings (SSSR count). The number of fused-ring (bicyclic) bond motifs is 1. The number of ether oxygens (including phenoxy) is 1. The van der Waals surface area contributed by atoms with Crippen molar-refractivity contribution in [1.82, 2.24) is 9.55 Å². The molecule has 0 N–H and O–H groups in total. The maximum absolute atomic E-state index is 12.9. The van der Waals surface area contributed by atoms with E-state index in [0.29, 0.717) is 40.8 Å². The van der Waals surface area contributed by atoms with E-state index in [1.54, 1.807) is 34.1 Å². The van der Waals surface area contributed by atoms with Gasteiger partial charge in [0.2, 0.25) is 0 Å². The highest BCUT2D eigenvalue weighted by Gasteiger charge is 2.16. The normalized spacial score (nSPS) is 11.0. The topological polar surface area (TPSA) is 61.2 Å². The molecule has 0 saturated heterocycles. The summed E-state index contributed by atoms with van der Waals surface area (Å²) in [5.41, 5.74) is 1.54. The van der Waals surface area contributed by atoms with E-state index in [-0.39, 0.29) is 11.3 Å². The van der Waals surface area contributed by atoms with Crippen LogP contribution in [-0.2, 0) is 6.54 Å². The first-order chi connectivity index (χ1) is 13.4. The molecule has 2 aromatic heterocycles. The third kappa shape index (κ3) is 4.05. The Hall–Kier alpha value is -2.38. The van der Waals surface area contributed by atoms with Gasteiger partial charge in [-0.1, -0.05) is 30.0 Å². The molecule has 0 atom stereocenters. The number of carbonyl (C=O) groups excluding carboxylic acids is 1. The van der Waals surface area contributed by atoms with Gasteiger partial charge in [-0.15, -0.1) is 17.9 Å². The van der Waals surface area contributed by atoms with Crippen molar-refractivity contribution < 1.29 is 9.53 Å². The summed E-state index contributed by atoms with van der Waals surface area (Å²) in [6.07, 6.45) is 1.70. The summed E-state index contributed by atoms with van der Waals surface area (Å²) in [5, 5.41) is 1.35. The fourth-order valence-electron chi connectivity index (χ4n) is 2.88. The summed E-state index contributed by atoms with van der Waals surface area (Å²) in [4.78, 5) is 31.2. The highest BCUT2D eigenvalue weighted by atomic mass is 32.2. The maximum atomic E-state index is 12.9. The van der Waals surface area contributed by atoms with E-state index in [0.717, 1.165) is 15.3 Å². The number of hydrogen-bond acceptors (Lipinski definition) is 6. The van der Waals surface area contributed by atoms with E-state index in [9.17, 15) is 9.59 Å². The van der Waals surface area contributed by atoms with Gasteiger partial charge in [0.05, 0.1) is 17.6 Å². The minimum absolute atomic E-state index is 0.0290. The molecule has 0 amide bonds. The average Bonchev–Trinajstić information content (AvgIpc) is 2.96. The lowest BCUT2D eigenvalue weighted by Gasteiger charge is -2.12. The van der Waals surface area contributed by atoms with Gasteiger partial charge in [0, 0.05) is 17.2 Å². The number of ketones is 1. The Kier molecular flexibility index (Phi) is 6.36. The molecule has 2 heterocycles. The lowest BCUT2D eigenvalue weighted by molar-refractivity contribution is 0.101. The molecule has 0 aliphatic carbocycles. The molecule has 0 aliphatic rings. The largest absolute Gasteiger partial charge is 0.492 e. The number of rotatable bonds is 8. The van der Waals surface area contributed by atoms with Crippen LogP contribution in [0.2, 0.25) is 0 Å². The average molecular weight is 415 g/mol. The molecule has 28 heavy (non-hydrogen) atoms. The molecule has 3 aromatic rings. The molecule has 5 nitrogen and oxygen atoms in total. The highest BCUT2D eigenvalue weighted by Crippen LogP contribution is 2.28. The first-order valence-corrected chi connectivity index (χ1v) is 10.7. The fraction of sp³-hybridized carbons (Fsp3) is 0.286. The molecule has 1 aromatic carbocycles. The fourth-order valence-corrected chi connectivity index (χ4v) is 4.77. The standard InChI is InChI=1S/C21H22N2O3S2/c1-5-10-23-20(25)18-13(2)15(4)28-19(18)22-21(23)27-12-11-26-17-9-7-6-8-16(17)14(3)24/h5-9H,1,10-12H2,2-4H3. The first kappa shape index (κ1) is 20.4. The van der Waals surface area contributed by atoms with Crippen molar-refractivity contribution in [3.8, 4) is 5.75 Å². The molecule has 0 spiro atoms. The zero-order chi connectivity index (χ0) is 20.3. The van der Waals surface area contributed by atoms with Crippen LogP contribution in [0.3, 0.4) is 0 Å². The summed E-state index contributed by atoms with van der Waals surface area (Å²) >= 11 is 3.01. The number of carbonyl (C=O) groups is 1. The Balaban J connectivity index is 1.79. The van der Waals surface area contributed by atoms with Crippen molar-refractivity contribution in [2.24, 2.45) is 0 Å². The van der Waals surface area contributed by atoms with Crippen LogP contribution in [0.4, 0.5) is 0 Å². The van der Waals surface area contributed by atoms with Gasteiger partial charge in [0.25, 0.3) is 5.56 Å². The third-order valence-electron chi connectivity index (χ3n) is 4.40. The van der Waals surface area contributed by atoms with Gasteiger partial charge < -0.3 is 4.74 Å². The number of benzene rings is 1. The summed E-state index contributed by atoms with van der Waals surface area (Å²) < 4.78 is 7.44. The minimum Gasteiger partial charge on any atom is -0.492 e. The van der Waals surface area contributed by atoms with Crippen molar-refractivity contribution in [3.63, 3.8) is 0 Å². The molecule has 7 heteroatoms. The van der Waals surface area contributed by atoms with Crippen molar-refractivity contribution in [3.05, 3.63) is 63.3 Å². The number of nitrogens with zero attached hydrogens (tertiary/aromatic N) is 2. The van der Waals surface area contributed by atoms with Crippen LogP contribution < -0.4 is 10.3 Å². The number of thioether (sulfide) groups is 1. The molecular formula is C21H22N2O3S2. The second-order valence-electron chi connectivity index (χ2n) is 6.31. The summed E-state index contributed by atoms with van der Waals surface area (Å²) in [7, 11) is 0. The van der Waals surface area contributed by atoms with Crippen LogP contribution in [0.1, 0.15) is 27.7 Å². The second-order valence-corrected chi connectivity index (χ2v) is 8.58. The van der Waals surface area contributed by atoms with Crippen molar-refractivity contribution >= 4 is 39.1 Å². The number of allylic oxidation sites excluding steroid dienone is 1. The quantitative estimate of drug-likeness (QED) is 0.177. The van der Waals surface area contributed by atoms with Gasteiger partial charge in [0.15, 0.2) is 10.9 Å². The van der Waals surface area contributed by atoms with Crippen LogP contribution in [0.5, 0.6) is 5.75 Å². The Morgan fingerprint density at radius 1 is 1.36 bits per heavy atom. The van der Waals surface area contributed by atoms with Gasteiger partial charge >= 0.3 is 0 Å². The van der Waals surface area contributed by atoms with Gasteiger partial charge in [-0.2, -0.15) is 0 Å². The SMILES string of the molecule is C=CCn1c(SCCOc2ccccc2C(C)=O)nc2sc(C)c(C)c2c1=O. The molecule has 0 radical (unpaired) electrons. The van der Waals surface area contributed by atoms with Crippen molar-refractivity contribution in [2.75, 3.05) is 12.4 Å². The molecule has 0 unspecified atom stereocenters. The molecule has 146 valence electrons. The lowest BCUT2D eigenvalue weighted by atomic mass is 10.1. The summed E-state index contributed by atoms with van der Waals surface area (Å²) in [6.45, 7) is 10.1. The number of hydrogen-bond donors (Lipinski definition) is 0. The summed E-state index contributed by atoms with van der Waals surface area (Å²) in [6, 6.07) is 7.20. The third-order valence-corrected chi connectivity index (χ3v) is 6.45. The lowest BCUT2D eigenvalue weighted by Crippen LogP contribution is -2.23. The maximum Gasteiger partial charge on any atom is 0.263 e. The van der Waals surface area contributed by atoms with Crippen LogP contribution in [0.25, 0.3) is 10.2 Å². The Labute approximate surface area is 172 Å². The zero-order valence-corrected chi connectivity index (χ0v) is 17.8. The zero-order valence-electron chi connectivity index (χ0n) is 16.2. The van der Waals surface area contributed by atoms with Crippen molar-refractivity contribution in [1.29, 1.82) is 0 Å². The molecule has 0 saturated carbocycles. The van der Waals surface area contributed by atoms with E-state index in [1.807, 2.05) is 26.0 Å². The number of aryl methyl sites for hydroxylation is 2. The Morgan fingerprint density at radius 3 is 2.82 bits per heavy atom. The number of aromatic nitrogens is 2. The molecule has 0 bridgehead atoms. The van der Waals surface area contributed by atoms with Crippen LogP contribution in [0, 0.1) is 13.8 Å². The predicted octanol–water partition coefficient (Wildman–Crippen LogP) is 4.63. The van der Waals surface area contributed by atoms with Crippen LogP contribution >= 0.6 is 23.1 Å².